The van der Waals surface area contributed by atoms with Crippen LogP contribution in [0.2, 0.25) is 0 Å². The molecule has 3 heteroatoms. The largest absolute Gasteiger partial charge is 0.396 e. The number of unbranched alkanes of at least 4 members (excludes halogenated alkanes) is 11. The van der Waals surface area contributed by atoms with Crippen LogP contribution in [0.25, 0.3) is 0 Å². The topological polar surface area (TPSA) is 49.3 Å². The van der Waals surface area contributed by atoms with Gasteiger partial charge in [0, 0.05) is 19.1 Å². The summed E-state index contributed by atoms with van der Waals surface area (Å²) in [5, 5.41) is 12.4. The van der Waals surface area contributed by atoms with E-state index in [1.807, 2.05) is 0 Å². The van der Waals surface area contributed by atoms with Crippen LogP contribution in [0, 0.1) is 11.8 Å². The van der Waals surface area contributed by atoms with E-state index in [-0.39, 0.29) is 24.3 Å². The van der Waals surface area contributed by atoms with Gasteiger partial charge in [-0.25, -0.2) is 0 Å². The van der Waals surface area contributed by atoms with E-state index in [4.69, 9.17) is 0 Å². The lowest BCUT2D eigenvalue weighted by Gasteiger charge is -2.25. The lowest BCUT2D eigenvalue weighted by molar-refractivity contribution is -0.127. The zero-order valence-electron chi connectivity index (χ0n) is 16.5. The van der Waals surface area contributed by atoms with E-state index < -0.39 is 0 Å². The Kier molecular flexibility index (Phi) is 13.7. The minimum absolute atomic E-state index is 0.0349. The van der Waals surface area contributed by atoms with Gasteiger partial charge in [-0.1, -0.05) is 89.7 Å². The molecule has 0 aromatic rings. The molecular weight excluding hydrogens is 310 g/mol. The molecule has 0 fully saturated rings. The van der Waals surface area contributed by atoms with Crippen molar-refractivity contribution in [1.82, 2.24) is 5.32 Å². The highest BCUT2D eigenvalue weighted by Crippen LogP contribution is 2.25. The molecule has 1 amide bonds. The van der Waals surface area contributed by atoms with Crippen LogP contribution in [0.1, 0.15) is 96.8 Å². The molecule has 0 aromatic heterocycles. The van der Waals surface area contributed by atoms with Crippen molar-refractivity contribution in [2.45, 2.75) is 96.8 Å². The van der Waals surface area contributed by atoms with Gasteiger partial charge in [-0.15, -0.1) is 0 Å². The maximum atomic E-state index is 12.2. The molecule has 0 aliphatic heterocycles. The van der Waals surface area contributed by atoms with Gasteiger partial charge >= 0.3 is 0 Å². The smallest absolute Gasteiger partial charge is 0.223 e. The molecule has 0 radical (unpaired) electrons. The van der Waals surface area contributed by atoms with Crippen molar-refractivity contribution in [1.29, 1.82) is 0 Å². The summed E-state index contributed by atoms with van der Waals surface area (Å²) in [4.78, 5) is 12.2. The summed E-state index contributed by atoms with van der Waals surface area (Å²) in [5.74, 6) is 0.200. The molecule has 0 heterocycles. The number of rotatable bonds is 15. The van der Waals surface area contributed by atoms with E-state index in [0.29, 0.717) is 0 Å². The Balaban J connectivity index is 1.88. The summed E-state index contributed by atoms with van der Waals surface area (Å²) in [7, 11) is 0. The maximum Gasteiger partial charge on any atom is 0.223 e. The highest BCUT2D eigenvalue weighted by atomic mass is 16.3. The Bertz CT molecular complexity index is 354. The standard InChI is InChI=1S/C22H41NO2/c1-2-3-4-5-6-7-8-9-10-11-12-15-18-23-22(25)21-17-14-13-16-20(21)19-24/h13-14,20-21,24H,2-12,15-19H2,1H3,(H,23,25). The minimum Gasteiger partial charge on any atom is -0.396 e. The van der Waals surface area contributed by atoms with Crippen LogP contribution in [-0.2, 0) is 4.79 Å². The molecule has 0 saturated heterocycles. The predicted octanol–water partition coefficient (Wildman–Crippen LogP) is 5.38. The number of hydrogen-bond acceptors (Lipinski definition) is 2. The average molecular weight is 352 g/mol. The lowest BCUT2D eigenvalue weighted by atomic mass is 9.83. The van der Waals surface area contributed by atoms with Crippen molar-refractivity contribution in [3.8, 4) is 0 Å². The maximum absolute atomic E-state index is 12.2. The highest BCUT2D eigenvalue weighted by Gasteiger charge is 2.27. The van der Waals surface area contributed by atoms with Gasteiger partial charge in [0.25, 0.3) is 0 Å². The third-order valence-corrected chi connectivity index (χ3v) is 5.47. The molecular formula is C22H41NO2. The molecule has 1 aliphatic rings. The van der Waals surface area contributed by atoms with E-state index in [9.17, 15) is 9.90 Å². The molecule has 25 heavy (non-hydrogen) atoms. The summed E-state index contributed by atoms with van der Waals surface area (Å²) >= 11 is 0. The number of carbonyl (C=O) groups is 1. The molecule has 3 nitrogen and oxygen atoms in total. The second kappa shape index (κ2) is 15.4. The van der Waals surface area contributed by atoms with Crippen LogP contribution < -0.4 is 5.32 Å². The number of amides is 1. The Morgan fingerprint density at radius 3 is 1.96 bits per heavy atom. The molecule has 0 bridgehead atoms. The molecule has 1 aliphatic carbocycles. The number of aliphatic hydroxyl groups excluding tert-OH is 1. The van der Waals surface area contributed by atoms with Crippen LogP contribution >= 0.6 is 0 Å². The third kappa shape index (κ3) is 10.7. The first-order chi connectivity index (χ1) is 12.3. The summed E-state index contributed by atoms with van der Waals surface area (Å²) in [6.07, 6.45) is 21.8. The molecule has 1 rings (SSSR count). The normalized spacial score (nSPS) is 19.9. The molecule has 0 aromatic carbocycles. The first-order valence-corrected chi connectivity index (χ1v) is 10.8. The summed E-state index contributed by atoms with van der Waals surface area (Å²) in [5.41, 5.74) is 0. The Hall–Kier alpha value is -0.830. The first kappa shape index (κ1) is 22.2. The summed E-state index contributed by atoms with van der Waals surface area (Å²) < 4.78 is 0. The van der Waals surface area contributed by atoms with Gasteiger partial charge in [-0.2, -0.15) is 0 Å². The van der Waals surface area contributed by atoms with E-state index in [0.717, 1.165) is 25.8 Å². The van der Waals surface area contributed by atoms with Crippen LogP contribution in [0.3, 0.4) is 0 Å². The van der Waals surface area contributed by atoms with E-state index in [1.54, 1.807) is 0 Å². The van der Waals surface area contributed by atoms with Crippen molar-refractivity contribution in [2.75, 3.05) is 13.2 Å². The van der Waals surface area contributed by atoms with Gasteiger partial charge < -0.3 is 10.4 Å². The van der Waals surface area contributed by atoms with Gasteiger partial charge in [-0.05, 0) is 25.2 Å². The zero-order chi connectivity index (χ0) is 18.2. The van der Waals surface area contributed by atoms with E-state index in [1.165, 1.54) is 70.6 Å². The van der Waals surface area contributed by atoms with Gasteiger partial charge in [0.1, 0.15) is 0 Å². The molecule has 146 valence electrons. The predicted molar refractivity (Wildman–Crippen MR) is 107 cm³/mol. The van der Waals surface area contributed by atoms with Crippen molar-refractivity contribution < 1.29 is 9.90 Å². The van der Waals surface area contributed by atoms with Gasteiger partial charge in [0.2, 0.25) is 5.91 Å². The molecule has 0 saturated carbocycles. The molecule has 2 N–H and O–H groups in total. The lowest BCUT2D eigenvalue weighted by Crippen LogP contribution is -2.37. The quantitative estimate of drug-likeness (QED) is 0.307. The third-order valence-electron chi connectivity index (χ3n) is 5.47. The van der Waals surface area contributed by atoms with Crippen molar-refractivity contribution in [2.24, 2.45) is 11.8 Å². The van der Waals surface area contributed by atoms with Gasteiger partial charge in [0.05, 0.1) is 0 Å². The van der Waals surface area contributed by atoms with E-state index >= 15 is 0 Å². The number of aliphatic hydroxyl groups is 1. The van der Waals surface area contributed by atoms with Gasteiger partial charge in [-0.3, -0.25) is 4.79 Å². The molecule has 0 spiro atoms. The van der Waals surface area contributed by atoms with E-state index in [2.05, 4.69) is 24.4 Å². The second-order valence-electron chi connectivity index (χ2n) is 7.67. The zero-order valence-corrected chi connectivity index (χ0v) is 16.5. The second-order valence-corrected chi connectivity index (χ2v) is 7.67. The average Bonchev–Trinajstić information content (AvgIpc) is 2.65. The van der Waals surface area contributed by atoms with Crippen LogP contribution in [0.5, 0.6) is 0 Å². The number of hydrogen-bond donors (Lipinski definition) is 2. The van der Waals surface area contributed by atoms with Gasteiger partial charge in [0.15, 0.2) is 0 Å². The highest BCUT2D eigenvalue weighted by molar-refractivity contribution is 5.79. The number of nitrogens with one attached hydrogen (secondary N) is 1. The number of allylic oxidation sites excluding steroid dienone is 2. The molecule has 2 atom stereocenters. The van der Waals surface area contributed by atoms with Crippen molar-refractivity contribution >= 4 is 5.91 Å². The number of carbonyl (C=O) groups excluding carboxylic acids is 1. The monoisotopic (exact) mass is 351 g/mol. The fourth-order valence-electron chi connectivity index (χ4n) is 3.70. The van der Waals surface area contributed by atoms with Crippen LogP contribution in [-0.4, -0.2) is 24.2 Å². The Labute approximate surface area is 155 Å². The fourth-order valence-corrected chi connectivity index (χ4v) is 3.70. The SMILES string of the molecule is CCCCCCCCCCCCCCNC(=O)C1CC=CCC1CO. The van der Waals surface area contributed by atoms with Crippen molar-refractivity contribution in [3.63, 3.8) is 0 Å². The van der Waals surface area contributed by atoms with Crippen LogP contribution in [0.4, 0.5) is 0 Å². The summed E-state index contributed by atoms with van der Waals surface area (Å²) in [6, 6.07) is 0. The summed E-state index contributed by atoms with van der Waals surface area (Å²) in [6.45, 7) is 3.17. The molecule has 2 unspecified atom stereocenters. The Morgan fingerprint density at radius 1 is 0.880 bits per heavy atom. The van der Waals surface area contributed by atoms with Crippen LogP contribution in [0.15, 0.2) is 12.2 Å². The minimum atomic E-state index is -0.0349. The first-order valence-electron chi connectivity index (χ1n) is 10.8. The Morgan fingerprint density at radius 2 is 1.40 bits per heavy atom. The van der Waals surface area contributed by atoms with Crippen molar-refractivity contribution in [3.05, 3.63) is 12.2 Å². The fraction of sp³-hybridized carbons (Fsp3) is 0.864.